The van der Waals surface area contributed by atoms with E-state index in [1.807, 2.05) is 6.92 Å². The molecule has 2 heterocycles. The van der Waals surface area contributed by atoms with Gasteiger partial charge in [-0.3, -0.25) is 0 Å². The first-order valence-corrected chi connectivity index (χ1v) is 3.25. The molecule has 0 aromatic heterocycles. The van der Waals surface area contributed by atoms with Crippen LogP contribution in [0, 0.1) is 0 Å². The molecule has 0 spiro atoms. The Labute approximate surface area is 53.9 Å². The monoisotopic (exact) mass is 130 g/mol. The Bertz CT molecular complexity index is 103. The summed E-state index contributed by atoms with van der Waals surface area (Å²) in [5, 5.41) is 0. The smallest absolute Gasteiger partial charge is 0.156 e. The van der Waals surface area contributed by atoms with Gasteiger partial charge in [-0.05, 0) is 6.92 Å². The first kappa shape index (κ1) is 5.65. The Morgan fingerprint density at radius 3 is 2.22 bits per heavy atom. The molecule has 0 N–H and O–H groups in total. The van der Waals surface area contributed by atoms with Crippen molar-refractivity contribution in [3.05, 3.63) is 0 Å². The Hall–Kier alpha value is -0.120. The summed E-state index contributed by atoms with van der Waals surface area (Å²) in [6, 6.07) is 0. The van der Waals surface area contributed by atoms with Gasteiger partial charge in [0, 0.05) is 0 Å². The van der Waals surface area contributed by atoms with Gasteiger partial charge in [-0.1, -0.05) is 0 Å². The number of ether oxygens (including phenoxy) is 3. The molecule has 2 aliphatic rings. The molecule has 0 bridgehead atoms. The summed E-state index contributed by atoms with van der Waals surface area (Å²) < 4.78 is 15.8. The average molecular weight is 130 g/mol. The zero-order chi connectivity index (χ0) is 6.27. The molecule has 0 aromatic rings. The van der Waals surface area contributed by atoms with Crippen molar-refractivity contribution in [1.29, 1.82) is 0 Å². The van der Waals surface area contributed by atoms with Crippen LogP contribution in [-0.2, 0) is 14.2 Å². The van der Waals surface area contributed by atoms with Crippen LogP contribution in [0.2, 0.25) is 0 Å². The quantitative estimate of drug-likeness (QED) is 0.467. The maximum atomic E-state index is 5.34. The van der Waals surface area contributed by atoms with Crippen molar-refractivity contribution in [2.45, 2.75) is 25.4 Å². The first-order chi connectivity index (χ1) is 4.36. The van der Waals surface area contributed by atoms with Gasteiger partial charge in [0.05, 0.1) is 13.2 Å². The van der Waals surface area contributed by atoms with Gasteiger partial charge >= 0.3 is 0 Å². The van der Waals surface area contributed by atoms with Crippen molar-refractivity contribution in [2.24, 2.45) is 0 Å². The van der Waals surface area contributed by atoms with E-state index >= 15 is 0 Å². The molecule has 2 aliphatic heterocycles. The van der Waals surface area contributed by atoms with Crippen molar-refractivity contribution in [1.82, 2.24) is 0 Å². The number of rotatable bonds is 0. The molecule has 0 aromatic carbocycles. The van der Waals surface area contributed by atoms with E-state index in [0.717, 1.165) is 0 Å². The molecule has 9 heavy (non-hydrogen) atoms. The van der Waals surface area contributed by atoms with Crippen LogP contribution in [-0.4, -0.2) is 31.7 Å². The van der Waals surface area contributed by atoms with Gasteiger partial charge in [0.1, 0.15) is 12.2 Å². The highest BCUT2D eigenvalue weighted by Gasteiger charge is 2.38. The van der Waals surface area contributed by atoms with Crippen molar-refractivity contribution >= 4 is 0 Å². The topological polar surface area (TPSA) is 27.7 Å². The van der Waals surface area contributed by atoms with Crippen LogP contribution >= 0.6 is 0 Å². The molecule has 2 atom stereocenters. The maximum absolute atomic E-state index is 5.34. The highest BCUT2D eigenvalue weighted by Crippen LogP contribution is 2.23. The van der Waals surface area contributed by atoms with Gasteiger partial charge < -0.3 is 14.2 Å². The van der Waals surface area contributed by atoms with Crippen LogP contribution < -0.4 is 0 Å². The minimum absolute atomic E-state index is 0.0242. The van der Waals surface area contributed by atoms with E-state index in [2.05, 4.69) is 0 Å². The zero-order valence-electron chi connectivity index (χ0n) is 5.37. The maximum Gasteiger partial charge on any atom is 0.156 e. The average Bonchev–Trinajstić information content (AvgIpc) is 2.22. The van der Waals surface area contributed by atoms with Gasteiger partial charge in [-0.15, -0.1) is 0 Å². The molecule has 52 valence electrons. The molecule has 0 saturated carbocycles. The lowest BCUT2D eigenvalue weighted by molar-refractivity contribution is -0.0809. The Kier molecular flexibility index (Phi) is 1.22. The number of fused-ring (bicyclic) bond motifs is 1. The molecule has 0 aliphatic carbocycles. The molecule has 2 fully saturated rings. The molecular formula is C6H10O3. The van der Waals surface area contributed by atoms with Crippen molar-refractivity contribution in [3.8, 4) is 0 Å². The minimum atomic E-state index is -0.0242. The SMILES string of the molecule is CC1OC2COCC2O1. The van der Waals surface area contributed by atoms with Crippen LogP contribution in [0.3, 0.4) is 0 Å². The van der Waals surface area contributed by atoms with E-state index in [-0.39, 0.29) is 18.5 Å². The summed E-state index contributed by atoms with van der Waals surface area (Å²) in [5.74, 6) is 0. The molecule has 3 nitrogen and oxygen atoms in total. The lowest BCUT2D eigenvalue weighted by Crippen LogP contribution is -2.18. The van der Waals surface area contributed by atoms with Gasteiger partial charge in [-0.2, -0.15) is 0 Å². The second kappa shape index (κ2) is 1.94. The third-order valence-electron chi connectivity index (χ3n) is 1.71. The minimum Gasteiger partial charge on any atom is -0.376 e. The summed E-state index contributed by atoms with van der Waals surface area (Å²) >= 11 is 0. The zero-order valence-corrected chi connectivity index (χ0v) is 5.37. The van der Waals surface area contributed by atoms with Crippen LogP contribution in [0.5, 0.6) is 0 Å². The van der Waals surface area contributed by atoms with Crippen LogP contribution in [0.15, 0.2) is 0 Å². The highest BCUT2D eigenvalue weighted by atomic mass is 16.8. The second-order valence-corrected chi connectivity index (χ2v) is 2.45. The van der Waals surface area contributed by atoms with Crippen LogP contribution in [0.1, 0.15) is 6.92 Å². The third kappa shape index (κ3) is 0.852. The van der Waals surface area contributed by atoms with Crippen molar-refractivity contribution in [2.75, 3.05) is 13.2 Å². The number of hydrogen-bond donors (Lipinski definition) is 0. The van der Waals surface area contributed by atoms with E-state index in [0.29, 0.717) is 13.2 Å². The summed E-state index contributed by atoms with van der Waals surface area (Å²) in [6.07, 6.45) is 0.392. The Morgan fingerprint density at radius 2 is 1.67 bits per heavy atom. The van der Waals surface area contributed by atoms with Crippen molar-refractivity contribution < 1.29 is 14.2 Å². The molecular weight excluding hydrogens is 120 g/mol. The second-order valence-electron chi connectivity index (χ2n) is 2.45. The van der Waals surface area contributed by atoms with E-state index in [1.165, 1.54) is 0 Å². The lowest BCUT2D eigenvalue weighted by atomic mass is 10.3. The largest absolute Gasteiger partial charge is 0.376 e. The third-order valence-corrected chi connectivity index (χ3v) is 1.71. The predicted molar refractivity (Wildman–Crippen MR) is 30.0 cm³/mol. The predicted octanol–water partition coefficient (Wildman–Crippen LogP) is 0.147. The first-order valence-electron chi connectivity index (χ1n) is 3.25. The van der Waals surface area contributed by atoms with Crippen LogP contribution in [0.4, 0.5) is 0 Å². The fourth-order valence-corrected chi connectivity index (χ4v) is 1.29. The highest BCUT2D eigenvalue weighted by molar-refractivity contribution is 4.80. The van der Waals surface area contributed by atoms with Crippen LogP contribution in [0.25, 0.3) is 0 Å². The summed E-state index contributed by atoms with van der Waals surface area (Å²) in [4.78, 5) is 0. The van der Waals surface area contributed by atoms with E-state index < -0.39 is 0 Å². The molecule has 3 heteroatoms. The lowest BCUT2D eigenvalue weighted by Gasteiger charge is -2.03. The molecule has 2 saturated heterocycles. The molecule has 0 radical (unpaired) electrons. The summed E-state index contributed by atoms with van der Waals surface area (Å²) in [7, 11) is 0. The van der Waals surface area contributed by atoms with Gasteiger partial charge in [0.25, 0.3) is 0 Å². The Balaban J connectivity index is 2.02. The van der Waals surface area contributed by atoms with E-state index in [4.69, 9.17) is 14.2 Å². The standard InChI is InChI=1S/C6H10O3/c1-4-8-5-2-7-3-6(5)9-4/h4-6H,2-3H2,1H3. The molecule has 2 unspecified atom stereocenters. The van der Waals surface area contributed by atoms with E-state index in [9.17, 15) is 0 Å². The van der Waals surface area contributed by atoms with Gasteiger partial charge in [0.15, 0.2) is 6.29 Å². The Morgan fingerprint density at radius 1 is 1.11 bits per heavy atom. The molecule has 0 amide bonds. The normalized spacial score (nSPS) is 49.7. The number of hydrogen-bond acceptors (Lipinski definition) is 3. The van der Waals surface area contributed by atoms with Gasteiger partial charge in [0.2, 0.25) is 0 Å². The fourth-order valence-electron chi connectivity index (χ4n) is 1.29. The fraction of sp³-hybridized carbons (Fsp3) is 1.00. The summed E-state index contributed by atoms with van der Waals surface area (Å²) in [5.41, 5.74) is 0. The van der Waals surface area contributed by atoms with Gasteiger partial charge in [-0.25, -0.2) is 0 Å². The van der Waals surface area contributed by atoms with E-state index in [1.54, 1.807) is 0 Å². The van der Waals surface area contributed by atoms with Crippen molar-refractivity contribution in [3.63, 3.8) is 0 Å². The molecule has 2 rings (SSSR count). The summed E-state index contributed by atoms with van der Waals surface area (Å²) in [6.45, 7) is 3.32.